The predicted molar refractivity (Wildman–Crippen MR) is 86.2 cm³/mol. The van der Waals surface area contributed by atoms with Crippen LogP contribution in [0, 0.1) is 5.41 Å². The van der Waals surface area contributed by atoms with Gasteiger partial charge in [-0.1, -0.05) is 19.9 Å². The van der Waals surface area contributed by atoms with Gasteiger partial charge in [0.25, 0.3) is 0 Å². The van der Waals surface area contributed by atoms with Crippen LogP contribution in [0.5, 0.6) is 11.5 Å². The summed E-state index contributed by atoms with van der Waals surface area (Å²) in [5.74, 6) is 1.63. The number of nitrogens with one attached hydrogen (secondary N) is 1. The Bertz CT molecular complexity index is 504. The number of carbonyl (C=O) groups is 1. The number of ether oxygens (including phenoxy) is 2. The molecule has 1 heterocycles. The molecule has 3 N–H and O–H groups in total. The smallest absolute Gasteiger partial charge is 0.227 e. The van der Waals surface area contributed by atoms with E-state index in [1.54, 1.807) is 0 Å². The molecule has 0 aromatic heterocycles. The molecule has 1 aliphatic heterocycles. The van der Waals surface area contributed by atoms with Gasteiger partial charge >= 0.3 is 0 Å². The van der Waals surface area contributed by atoms with Crippen LogP contribution in [-0.2, 0) is 11.2 Å². The number of carbonyl (C=O) groups excluding carboxylic acids is 1. The van der Waals surface area contributed by atoms with Crippen molar-refractivity contribution in [2.24, 2.45) is 11.1 Å². The van der Waals surface area contributed by atoms with Gasteiger partial charge in [0, 0.05) is 13.1 Å². The summed E-state index contributed by atoms with van der Waals surface area (Å²) in [6, 6.07) is 5.92. The topological polar surface area (TPSA) is 73.6 Å². The van der Waals surface area contributed by atoms with Crippen molar-refractivity contribution in [3.05, 3.63) is 23.8 Å². The standard InChI is InChI=1S/C17H26N2O3/c1-3-17(4-2,12-18)16(20)19-8-7-13-5-6-14-15(11-13)22-10-9-21-14/h5-6,11H,3-4,7-10,12,18H2,1-2H3,(H,19,20). The quantitative estimate of drug-likeness (QED) is 0.806. The Labute approximate surface area is 132 Å². The first kappa shape index (κ1) is 16.6. The number of hydrogen-bond donors (Lipinski definition) is 2. The van der Waals surface area contributed by atoms with Gasteiger partial charge in [-0.3, -0.25) is 4.79 Å². The molecule has 0 saturated carbocycles. The molecule has 0 aliphatic carbocycles. The zero-order chi connectivity index (χ0) is 16.0. The van der Waals surface area contributed by atoms with Crippen LogP contribution in [0.2, 0.25) is 0 Å². The Kier molecular flexibility index (Phi) is 5.66. The molecule has 1 aromatic rings. The Balaban J connectivity index is 1.89. The third kappa shape index (κ3) is 3.53. The summed E-state index contributed by atoms with van der Waals surface area (Å²) < 4.78 is 11.1. The first-order chi connectivity index (χ1) is 10.6. The molecule has 22 heavy (non-hydrogen) atoms. The number of nitrogens with two attached hydrogens (primary N) is 1. The number of hydrogen-bond acceptors (Lipinski definition) is 4. The molecular weight excluding hydrogens is 280 g/mol. The Morgan fingerprint density at radius 2 is 1.91 bits per heavy atom. The highest BCUT2D eigenvalue weighted by Gasteiger charge is 2.32. The summed E-state index contributed by atoms with van der Waals surface area (Å²) in [5, 5.41) is 3.01. The van der Waals surface area contributed by atoms with Crippen molar-refractivity contribution in [2.45, 2.75) is 33.1 Å². The van der Waals surface area contributed by atoms with E-state index in [0.717, 1.165) is 36.3 Å². The highest BCUT2D eigenvalue weighted by molar-refractivity contribution is 5.82. The second kappa shape index (κ2) is 7.49. The molecule has 1 aliphatic rings. The van der Waals surface area contributed by atoms with E-state index in [-0.39, 0.29) is 5.91 Å². The minimum Gasteiger partial charge on any atom is -0.486 e. The number of benzene rings is 1. The van der Waals surface area contributed by atoms with Gasteiger partial charge in [-0.25, -0.2) is 0 Å². The van der Waals surface area contributed by atoms with Crippen molar-refractivity contribution < 1.29 is 14.3 Å². The lowest BCUT2D eigenvalue weighted by Crippen LogP contribution is -2.45. The lowest BCUT2D eigenvalue weighted by atomic mass is 9.81. The van der Waals surface area contributed by atoms with E-state index < -0.39 is 5.41 Å². The highest BCUT2D eigenvalue weighted by Crippen LogP contribution is 2.30. The molecule has 1 amide bonds. The van der Waals surface area contributed by atoms with Gasteiger partial charge in [0.2, 0.25) is 5.91 Å². The van der Waals surface area contributed by atoms with Crippen LogP contribution in [-0.4, -0.2) is 32.2 Å². The lowest BCUT2D eigenvalue weighted by Gasteiger charge is -2.28. The van der Waals surface area contributed by atoms with Crippen LogP contribution in [0.15, 0.2) is 18.2 Å². The second-order valence-corrected chi connectivity index (χ2v) is 5.68. The molecule has 122 valence electrons. The largest absolute Gasteiger partial charge is 0.486 e. The van der Waals surface area contributed by atoms with Crippen LogP contribution in [0.25, 0.3) is 0 Å². The van der Waals surface area contributed by atoms with Gasteiger partial charge in [-0.2, -0.15) is 0 Å². The van der Waals surface area contributed by atoms with Crippen LogP contribution < -0.4 is 20.5 Å². The maximum atomic E-state index is 12.3. The number of fused-ring (bicyclic) bond motifs is 1. The minimum absolute atomic E-state index is 0.0533. The fourth-order valence-electron chi connectivity index (χ4n) is 2.70. The Hall–Kier alpha value is -1.75. The third-order valence-electron chi connectivity index (χ3n) is 4.53. The summed E-state index contributed by atoms with van der Waals surface area (Å²) in [5.41, 5.74) is 6.48. The Morgan fingerprint density at radius 1 is 1.23 bits per heavy atom. The third-order valence-corrected chi connectivity index (χ3v) is 4.53. The van der Waals surface area contributed by atoms with Crippen LogP contribution >= 0.6 is 0 Å². The molecule has 0 saturated heterocycles. The summed E-state index contributed by atoms with van der Waals surface area (Å²) in [6.45, 7) is 6.18. The molecular formula is C17H26N2O3. The van der Waals surface area contributed by atoms with Crippen LogP contribution in [0.4, 0.5) is 0 Å². The molecule has 0 bridgehead atoms. The van der Waals surface area contributed by atoms with E-state index in [9.17, 15) is 4.79 Å². The average molecular weight is 306 g/mol. The lowest BCUT2D eigenvalue weighted by molar-refractivity contribution is -0.131. The van der Waals surface area contributed by atoms with Crippen molar-refractivity contribution in [1.29, 1.82) is 0 Å². The van der Waals surface area contributed by atoms with Crippen molar-refractivity contribution in [3.8, 4) is 11.5 Å². The zero-order valence-corrected chi connectivity index (χ0v) is 13.5. The minimum atomic E-state index is -0.438. The number of rotatable bonds is 7. The van der Waals surface area contributed by atoms with Crippen molar-refractivity contribution >= 4 is 5.91 Å². The van der Waals surface area contributed by atoms with E-state index in [0.29, 0.717) is 26.3 Å². The van der Waals surface area contributed by atoms with Gasteiger partial charge < -0.3 is 20.5 Å². The van der Waals surface area contributed by atoms with Crippen molar-refractivity contribution in [1.82, 2.24) is 5.32 Å². The fourth-order valence-corrected chi connectivity index (χ4v) is 2.70. The molecule has 0 atom stereocenters. The second-order valence-electron chi connectivity index (χ2n) is 5.68. The summed E-state index contributed by atoms with van der Waals surface area (Å²) in [6.07, 6.45) is 2.28. The molecule has 0 radical (unpaired) electrons. The molecule has 0 fully saturated rings. The molecule has 0 spiro atoms. The molecule has 1 aromatic carbocycles. The van der Waals surface area contributed by atoms with Gasteiger partial charge in [-0.05, 0) is 37.0 Å². The molecule has 5 heteroatoms. The van der Waals surface area contributed by atoms with Crippen molar-refractivity contribution in [3.63, 3.8) is 0 Å². The molecule has 5 nitrogen and oxygen atoms in total. The predicted octanol–water partition coefficient (Wildman–Crippen LogP) is 1.88. The fraction of sp³-hybridized carbons (Fsp3) is 0.588. The van der Waals surface area contributed by atoms with Crippen molar-refractivity contribution in [2.75, 3.05) is 26.3 Å². The van der Waals surface area contributed by atoms with Gasteiger partial charge in [-0.15, -0.1) is 0 Å². The average Bonchev–Trinajstić information content (AvgIpc) is 2.57. The first-order valence-electron chi connectivity index (χ1n) is 8.02. The highest BCUT2D eigenvalue weighted by atomic mass is 16.6. The zero-order valence-electron chi connectivity index (χ0n) is 13.5. The molecule has 0 unspecified atom stereocenters. The van der Waals surface area contributed by atoms with E-state index >= 15 is 0 Å². The monoisotopic (exact) mass is 306 g/mol. The maximum Gasteiger partial charge on any atom is 0.227 e. The van der Waals surface area contributed by atoms with Crippen LogP contribution in [0.3, 0.4) is 0 Å². The summed E-state index contributed by atoms with van der Waals surface area (Å²) in [7, 11) is 0. The van der Waals surface area contributed by atoms with Crippen LogP contribution in [0.1, 0.15) is 32.3 Å². The SMILES string of the molecule is CCC(CC)(CN)C(=O)NCCc1ccc2c(c1)OCCO2. The van der Waals surface area contributed by atoms with E-state index in [1.165, 1.54) is 0 Å². The Morgan fingerprint density at radius 3 is 2.55 bits per heavy atom. The normalized spacial score (nSPS) is 13.8. The van der Waals surface area contributed by atoms with E-state index in [1.807, 2.05) is 32.0 Å². The first-order valence-corrected chi connectivity index (χ1v) is 8.02. The summed E-state index contributed by atoms with van der Waals surface area (Å²) in [4.78, 5) is 12.3. The maximum absolute atomic E-state index is 12.3. The van der Waals surface area contributed by atoms with Gasteiger partial charge in [0.05, 0.1) is 5.41 Å². The molecule has 2 rings (SSSR count). The summed E-state index contributed by atoms with van der Waals surface area (Å²) >= 11 is 0. The number of amides is 1. The van der Waals surface area contributed by atoms with Gasteiger partial charge in [0.15, 0.2) is 11.5 Å². The van der Waals surface area contributed by atoms with Gasteiger partial charge in [0.1, 0.15) is 13.2 Å². The van der Waals surface area contributed by atoms with E-state index in [4.69, 9.17) is 15.2 Å². The van der Waals surface area contributed by atoms with E-state index in [2.05, 4.69) is 5.32 Å².